The third-order valence-corrected chi connectivity index (χ3v) is 5.54. The Labute approximate surface area is 144 Å². The van der Waals surface area contributed by atoms with E-state index in [-0.39, 0.29) is 0 Å². The molecule has 1 saturated heterocycles. The van der Waals surface area contributed by atoms with Crippen LogP contribution in [0.25, 0.3) is 5.57 Å². The molecule has 130 valence electrons. The highest BCUT2D eigenvalue weighted by Crippen LogP contribution is 2.33. The standard InChI is InChI=1S/C20H28NO3/c1-21(2)13-7-10-16(21)14-24-20(23)19(22)18-12-6-5-11-17(18)15-8-3-4-9-15/h5-6,8,11-12,16,19,22H,3-4,7,9-10,13-14H2,1-2H3/q+1/t16-,19?/m1/s1. The fourth-order valence-corrected chi connectivity index (χ4v) is 3.88. The number of aliphatic hydroxyl groups excluding tert-OH is 1. The summed E-state index contributed by atoms with van der Waals surface area (Å²) in [5.41, 5.74) is 2.87. The Morgan fingerprint density at radius 1 is 1.33 bits per heavy atom. The van der Waals surface area contributed by atoms with Gasteiger partial charge < -0.3 is 14.3 Å². The number of nitrogens with zero attached hydrogens (tertiary/aromatic N) is 1. The molecule has 0 saturated carbocycles. The molecule has 0 radical (unpaired) electrons. The van der Waals surface area contributed by atoms with Crippen molar-refractivity contribution < 1.29 is 19.1 Å². The number of carbonyl (C=O) groups excluding carboxylic acids is 1. The zero-order chi connectivity index (χ0) is 17.2. The van der Waals surface area contributed by atoms with Crippen LogP contribution < -0.4 is 0 Å². The minimum atomic E-state index is -1.21. The van der Waals surface area contributed by atoms with Crippen molar-refractivity contribution in [2.24, 2.45) is 0 Å². The average molecular weight is 330 g/mol. The first-order valence-corrected chi connectivity index (χ1v) is 8.95. The van der Waals surface area contributed by atoms with Crippen LogP contribution in [0.1, 0.15) is 49.3 Å². The van der Waals surface area contributed by atoms with Gasteiger partial charge in [-0.1, -0.05) is 30.3 Å². The van der Waals surface area contributed by atoms with Gasteiger partial charge in [0.05, 0.1) is 20.6 Å². The van der Waals surface area contributed by atoms with E-state index < -0.39 is 12.1 Å². The molecule has 3 rings (SSSR count). The molecule has 0 amide bonds. The predicted octanol–water partition coefficient (Wildman–Crippen LogP) is 3.07. The Bertz CT molecular complexity index is 636. The van der Waals surface area contributed by atoms with Gasteiger partial charge in [0.25, 0.3) is 0 Å². The molecule has 1 aromatic carbocycles. The van der Waals surface area contributed by atoms with E-state index in [1.807, 2.05) is 24.3 Å². The molecule has 1 N–H and O–H groups in total. The van der Waals surface area contributed by atoms with Gasteiger partial charge in [-0.25, -0.2) is 4.79 Å². The van der Waals surface area contributed by atoms with Crippen LogP contribution in [0.5, 0.6) is 0 Å². The number of esters is 1. The van der Waals surface area contributed by atoms with E-state index in [9.17, 15) is 9.90 Å². The second kappa shape index (κ2) is 7.08. The molecule has 0 spiro atoms. The van der Waals surface area contributed by atoms with Crippen molar-refractivity contribution in [2.45, 2.75) is 44.2 Å². The number of aliphatic hydroxyl groups is 1. The van der Waals surface area contributed by atoms with Gasteiger partial charge in [-0.3, -0.25) is 0 Å². The van der Waals surface area contributed by atoms with E-state index >= 15 is 0 Å². The van der Waals surface area contributed by atoms with E-state index in [4.69, 9.17) is 4.74 Å². The summed E-state index contributed by atoms with van der Waals surface area (Å²) in [5, 5.41) is 10.5. The molecule has 4 heteroatoms. The molecule has 1 aliphatic carbocycles. The SMILES string of the molecule is C[N+]1(C)CCC[C@@H]1COC(=O)C(O)c1ccccc1C1=CCCC1. The summed E-state index contributed by atoms with van der Waals surface area (Å²) in [7, 11) is 4.34. The number of rotatable bonds is 5. The van der Waals surface area contributed by atoms with Crippen LogP contribution in [0, 0.1) is 0 Å². The van der Waals surface area contributed by atoms with Gasteiger partial charge in [0.2, 0.25) is 0 Å². The fraction of sp³-hybridized carbons (Fsp3) is 0.550. The summed E-state index contributed by atoms with van der Waals surface area (Å²) < 4.78 is 6.35. The molecule has 0 aromatic heterocycles. The summed E-state index contributed by atoms with van der Waals surface area (Å²) >= 11 is 0. The molecular formula is C20H28NO3+. The zero-order valence-electron chi connectivity index (χ0n) is 14.7. The summed E-state index contributed by atoms with van der Waals surface area (Å²) in [6, 6.07) is 7.96. The minimum absolute atomic E-state index is 0.328. The lowest BCUT2D eigenvalue weighted by Gasteiger charge is -2.31. The van der Waals surface area contributed by atoms with Crippen molar-refractivity contribution in [1.82, 2.24) is 0 Å². The molecule has 2 atom stereocenters. The molecule has 1 aliphatic heterocycles. The molecule has 2 aliphatic rings. The zero-order valence-corrected chi connectivity index (χ0v) is 14.7. The van der Waals surface area contributed by atoms with Crippen LogP contribution in [0.2, 0.25) is 0 Å². The minimum Gasteiger partial charge on any atom is -0.457 e. The molecule has 24 heavy (non-hydrogen) atoms. The number of ether oxygens (including phenoxy) is 1. The largest absolute Gasteiger partial charge is 0.457 e. The Hall–Kier alpha value is -1.65. The first-order chi connectivity index (χ1) is 11.5. The number of benzene rings is 1. The smallest absolute Gasteiger partial charge is 0.339 e. The number of hydrogen-bond donors (Lipinski definition) is 1. The second-order valence-corrected chi connectivity index (χ2v) is 7.54. The number of likely N-dealkylation sites (N-methyl/N-ethyl adjacent to an activating group) is 1. The normalized spacial score (nSPS) is 23.8. The van der Waals surface area contributed by atoms with Crippen molar-refractivity contribution in [3.63, 3.8) is 0 Å². The molecule has 1 unspecified atom stereocenters. The summed E-state index contributed by atoms with van der Waals surface area (Å²) in [6.07, 6.45) is 6.44. The number of carbonyl (C=O) groups is 1. The van der Waals surface area contributed by atoms with Crippen LogP contribution in [0.4, 0.5) is 0 Å². The Balaban J connectivity index is 1.68. The number of hydrogen-bond acceptors (Lipinski definition) is 3. The summed E-state index contributed by atoms with van der Waals surface area (Å²) in [6.45, 7) is 1.50. The molecule has 1 heterocycles. The van der Waals surface area contributed by atoms with Gasteiger partial charge >= 0.3 is 5.97 Å². The Kier molecular flexibility index (Phi) is 5.07. The second-order valence-electron chi connectivity index (χ2n) is 7.54. The van der Waals surface area contributed by atoms with Gasteiger partial charge in [-0.2, -0.15) is 0 Å². The van der Waals surface area contributed by atoms with Crippen LogP contribution >= 0.6 is 0 Å². The van der Waals surface area contributed by atoms with Crippen LogP contribution in [0.3, 0.4) is 0 Å². The lowest BCUT2D eigenvalue weighted by atomic mass is 9.96. The molecule has 0 bridgehead atoms. The third-order valence-electron chi connectivity index (χ3n) is 5.54. The maximum absolute atomic E-state index is 12.4. The van der Waals surface area contributed by atoms with Gasteiger partial charge in [0.1, 0.15) is 12.6 Å². The van der Waals surface area contributed by atoms with Gasteiger partial charge in [-0.15, -0.1) is 0 Å². The van der Waals surface area contributed by atoms with Gasteiger partial charge in [0.15, 0.2) is 6.10 Å². The Morgan fingerprint density at radius 2 is 2.12 bits per heavy atom. The fourth-order valence-electron chi connectivity index (χ4n) is 3.88. The average Bonchev–Trinajstić information content (AvgIpc) is 3.21. The van der Waals surface area contributed by atoms with Gasteiger partial charge in [0, 0.05) is 12.8 Å². The number of likely N-dealkylation sites (tertiary alicyclic amines) is 1. The third kappa shape index (κ3) is 3.55. The monoisotopic (exact) mass is 330 g/mol. The first-order valence-electron chi connectivity index (χ1n) is 8.95. The number of quaternary nitrogens is 1. The van der Waals surface area contributed by atoms with Crippen molar-refractivity contribution in [2.75, 3.05) is 27.2 Å². The molecular weight excluding hydrogens is 302 g/mol. The van der Waals surface area contributed by atoms with Gasteiger partial charge in [-0.05, 0) is 36.0 Å². The quantitative estimate of drug-likeness (QED) is 0.667. The van der Waals surface area contributed by atoms with E-state index in [1.54, 1.807) is 0 Å². The van der Waals surface area contributed by atoms with E-state index in [0.29, 0.717) is 18.2 Å². The van der Waals surface area contributed by atoms with Crippen molar-refractivity contribution in [3.05, 3.63) is 41.5 Å². The Morgan fingerprint density at radius 3 is 2.79 bits per heavy atom. The lowest BCUT2D eigenvalue weighted by Crippen LogP contribution is -2.46. The maximum atomic E-state index is 12.4. The van der Waals surface area contributed by atoms with Crippen molar-refractivity contribution in [3.8, 4) is 0 Å². The van der Waals surface area contributed by atoms with E-state index in [0.717, 1.165) is 48.7 Å². The number of allylic oxidation sites excluding steroid dienone is 2. The highest BCUT2D eigenvalue weighted by atomic mass is 16.5. The van der Waals surface area contributed by atoms with Crippen LogP contribution in [-0.4, -0.2) is 48.8 Å². The van der Waals surface area contributed by atoms with E-state index in [2.05, 4.69) is 20.2 Å². The lowest BCUT2D eigenvalue weighted by molar-refractivity contribution is -0.902. The van der Waals surface area contributed by atoms with Crippen LogP contribution in [0.15, 0.2) is 30.3 Å². The van der Waals surface area contributed by atoms with Crippen molar-refractivity contribution in [1.29, 1.82) is 0 Å². The predicted molar refractivity (Wildman–Crippen MR) is 94.2 cm³/mol. The summed E-state index contributed by atoms with van der Waals surface area (Å²) in [5.74, 6) is -0.534. The molecule has 1 aromatic rings. The first kappa shape index (κ1) is 17.2. The molecule has 4 nitrogen and oxygen atoms in total. The maximum Gasteiger partial charge on any atom is 0.339 e. The summed E-state index contributed by atoms with van der Waals surface area (Å²) in [4.78, 5) is 12.4. The van der Waals surface area contributed by atoms with Crippen LogP contribution in [-0.2, 0) is 9.53 Å². The van der Waals surface area contributed by atoms with E-state index in [1.165, 1.54) is 5.57 Å². The highest BCUT2D eigenvalue weighted by molar-refractivity contribution is 5.80. The molecule has 1 fully saturated rings. The van der Waals surface area contributed by atoms with Crippen molar-refractivity contribution >= 4 is 11.5 Å². The topological polar surface area (TPSA) is 46.5 Å². The highest BCUT2D eigenvalue weighted by Gasteiger charge is 2.35.